The Morgan fingerprint density at radius 1 is 1.75 bits per heavy atom. The molecule has 0 fully saturated rings. The first-order valence-corrected chi connectivity index (χ1v) is 3.54. The van der Waals surface area contributed by atoms with Gasteiger partial charge in [-0.25, -0.2) is 0 Å². The van der Waals surface area contributed by atoms with Crippen molar-refractivity contribution in [3.63, 3.8) is 0 Å². The van der Waals surface area contributed by atoms with E-state index in [-0.39, 0.29) is 6.54 Å². The van der Waals surface area contributed by atoms with E-state index in [4.69, 9.17) is 10.8 Å². The van der Waals surface area contributed by atoms with E-state index in [1.807, 2.05) is 0 Å². The topological polar surface area (TPSA) is 83.6 Å². The molecule has 0 bridgehead atoms. The molecule has 0 heterocycles. The molecule has 1 amide bonds. The molecule has 3 N–H and O–H groups in total. The van der Waals surface area contributed by atoms with E-state index in [2.05, 4.69) is 0 Å². The van der Waals surface area contributed by atoms with Crippen LogP contribution in [0.2, 0.25) is 0 Å². The number of carbonyl (C=O) groups is 1. The molecule has 0 saturated carbocycles. The maximum absolute atomic E-state index is 11.1. The van der Waals surface area contributed by atoms with Crippen LogP contribution >= 0.6 is 0 Å². The first-order chi connectivity index (χ1) is 5.50. The molecule has 1 radical (unpaired) electrons. The summed E-state index contributed by atoms with van der Waals surface area (Å²) in [6, 6.07) is -0.969. The van der Waals surface area contributed by atoms with Gasteiger partial charge in [0.1, 0.15) is 6.04 Å². The number of amides is 1. The number of hydrogen-bond acceptors (Lipinski definition) is 4. The van der Waals surface area contributed by atoms with Crippen LogP contribution in [0, 0.1) is 0 Å². The molecule has 0 saturated heterocycles. The molecule has 0 aromatic heterocycles. The maximum Gasteiger partial charge on any atom is 0.242 e. The molecule has 0 aromatic carbocycles. The van der Waals surface area contributed by atoms with E-state index in [1.165, 1.54) is 14.0 Å². The molecule has 0 rings (SSSR count). The van der Waals surface area contributed by atoms with Gasteiger partial charge in [-0.1, -0.05) is 0 Å². The van der Waals surface area contributed by atoms with Crippen molar-refractivity contribution in [2.75, 3.05) is 13.6 Å². The van der Waals surface area contributed by atoms with Crippen molar-refractivity contribution in [2.24, 2.45) is 5.73 Å². The van der Waals surface area contributed by atoms with E-state index in [1.54, 1.807) is 6.29 Å². The van der Waals surface area contributed by atoms with E-state index in [0.717, 1.165) is 4.90 Å². The Morgan fingerprint density at radius 2 is 2.25 bits per heavy atom. The molecule has 5 heteroatoms. The summed E-state index contributed by atoms with van der Waals surface area (Å²) in [6.45, 7) is 1.29. The predicted octanol–water partition coefficient (Wildman–Crippen LogP) is -1.74. The second-order valence-corrected chi connectivity index (χ2v) is 2.61. The minimum Gasteiger partial charge on any atom is -0.391 e. The van der Waals surface area contributed by atoms with Crippen molar-refractivity contribution in [1.82, 2.24) is 4.90 Å². The quantitative estimate of drug-likeness (QED) is 0.528. The minimum absolute atomic E-state index is 0.126. The van der Waals surface area contributed by atoms with Gasteiger partial charge in [0.25, 0.3) is 0 Å². The van der Waals surface area contributed by atoms with Gasteiger partial charge in [-0.3, -0.25) is 9.59 Å². The number of nitrogens with zero attached hydrogens (tertiary/aromatic N) is 1. The van der Waals surface area contributed by atoms with Crippen LogP contribution in [0.4, 0.5) is 0 Å². The maximum atomic E-state index is 11.1. The zero-order chi connectivity index (χ0) is 9.72. The van der Waals surface area contributed by atoms with Crippen molar-refractivity contribution in [3.05, 3.63) is 0 Å². The predicted molar refractivity (Wildman–Crippen MR) is 43.0 cm³/mol. The number of likely N-dealkylation sites (N-methyl/N-ethyl adjacent to an activating group) is 1. The summed E-state index contributed by atoms with van der Waals surface area (Å²) in [5, 5.41) is 8.94. The van der Waals surface area contributed by atoms with Crippen molar-refractivity contribution in [1.29, 1.82) is 0 Å². The Balaban J connectivity index is 4.08. The van der Waals surface area contributed by atoms with E-state index in [0.29, 0.717) is 0 Å². The number of hydrogen-bond donors (Lipinski definition) is 2. The molecule has 0 unspecified atom stereocenters. The molecule has 0 aliphatic rings. The summed E-state index contributed by atoms with van der Waals surface area (Å²) in [5.74, 6) is -0.464. The highest BCUT2D eigenvalue weighted by atomic mass is 16.3. The summed E-state index contributed by atoms with van der Waals surface area (Å²) in [5.41, 5.74) is 5.32. The first-order valence-electron chi connectivity index (χ1n) is 3.54. The monoisotopic (exact) mass is 173 g/mol. The zero-order valence-electron chi connectivity index (χ0n) is 7.15. The third-order valence-corrected chi connectivity index (χ3v) is 1.48. The highest BCUT2D eigenvalue weighted by Crippen LogP contribution is 1.93. The summed E-state index contributed by atoms with van der Waals surface area (Å²) in [4.78, 5) is 22.1. The Labute approximate surface area is 71.1 Å². The standard InChI is InChI=1S/C7H13N2O3/c1-5(11)6(8)7(12)9(2)3-4-10/h5-6,11H,3,8H2,1-2H3/t5-,6-/m0/s1. The molecule has 0 aliphatic heterocycles. The summed E-state index contributed by atoms with van der Waals surface area (Å²) in [7, 11) is 1.43. The third kappa shape index (κ3) is 2.98. The first kappa shape index (κ1) is 11.1. The number of carbonyl (C=O) groups excluding carboxylic acids is 2. The highest BCUT2D eigenvalue weighted by Gasteiger charge is 2.21. The van der Waals surface area contributed by atoms with Crippen LogP contribution in [0.5, 0.6) is 0 Å². The Bertz CT molecular complexity index is 170. The highest BCUT2D eigenvalue weighted by molar-refractivity contribution is 5.83. The fourth-order valence-electron chi connectivity index (χ4n) is 0.636. The zero-order valence-corrected chi connectivity index (χ0v) is 7.15. The molecule has 0 aromatic rings. The van der Waals surface area contributed by atoms with Gasteiger partial charge in [0.05, 0.1) is 12.6 Å². The number of aliphatic hydroxyl groups is 1. The van der Waals surface area contributed by atoms with Crippen LogP contribution in [-0.2, 0) is 9.59 Å². The molecule has 0 spiro atoms. The van der Waals surface area contributed by atoms with Crippen LogP contribution in [0.15, 0.2) is 0 Å². The van der Waals surface area contributed by atoms with Gasteiger partial charge < -0.3 is 15.7 Å². The van der Waals surface area contributed by atoms with Gasteiger partial charge in [0.15, 0.2) is 0 Å². The fraction of sp³-hybridized carbons (Fsp3) is 0.714. The van der Waals surface area contributed by atoms with Gasteiger partial charge >= 0.3 is 0 Å². The Morgan fingerprint density at radius 3 is 2.58 bits per heavy atom. The third-order valence-electron chi connectivity index (χ3n) is 1.48. The molecule has 5 nitrogen and oxygen atoms in total. The number of aliphatic hydroxyl groups excluding tert-OH is 1. The van der Waals surface area contributed by atoms with Crippen LogP contribution in [-0.4, -0.2) is 47.9 Å². The van der Waals surface area contributed by atoms with Crippen LogP contribution < -0.4 is 5.73 Å². The Kier molecular flexibility index (Phi) is 4.46. The average Bonchev–Trinajstić information content (AvgIpc) is 2.02. The van der Waals surface area contributed by atoms with Crippen LogP contribution in [0.25, 0.3) is 0 Å². The number of nitrogens with two attached hydrogens (primary N) is 1. The summed E-state index contributed by atoms with van der Waals surface area (Å²) >= 11 is 0. The van der Waals surface area contributed by atoms with Gasteiger partial charge in [-0.15, -0.1) is 0 Å². The lowest BCUT2D eigenvalue weighted by Crippen LogP contribution is -2.48. The largest absolute Gasteiger partial charge is 0.391 e. The molecule has 0 aliphatic carbocycles. The van der Waals surface area contributed by atoms with Gasteiger partial charge in [-0.05, 0) is 6.92 Å². The van der Waals surface area contributed by atoms with Gasteiger partial charge in [0, 0.05) is 7.05 Å². The molecule has 12 heavy (non-hydrogen) atoms. The summed E-state index contributed by atoms with van der Waals surface area (Å²) in [6.07, 6.45) is 0.650. The van der Waals surface area contributed by atoms with Crippen molar-refractivity contribution < 1.29 is 14.7 Å². The van der Waals surface area contributed by atoms with E-state index >= 15 is 0 Å². The van der Waals surface area contributed by atoms with E-state index in [9.17, 15) is 9.59 Å². The molecular weight excluding hydrogens is 160 g/mol. The fourth-order valence-corrected chi connectivity index (χ4v) is 0.636. The minimum atomic E-state index is -0.969. The molecular formula is C7H13N2O3. The molecule has 69 valence electrons. The van der Waals surface area contributed by atoms with Crippen molar-refractivity contribution in [3.8, 4) is 0 Å². The smallest absolute Gasteiger partial charge is 0.242 e. The molecule has 2 atom stereocenters. The Hall–Kier alpha value is -0.940. The van der Waals surface area contributed by atoms with Gasteiger partial charge in [0.2, 0.25) is 12.2 Å². The normalized spacial score (nSPS) is 15.0. The van der Waals surface area contributed by atoms with Crippen molar-refractivity contribution in [2.45, 2.75) is 19.1 Å². The lowest BCUT2D eigenvalue weighted by atomic mass is 10.2. The van der Waals surface area contributed by atoms with Gasteiger partial charge in [-0.2, -0.15) is 0 Å². The number of rotatable bonds is 4. The SMILES string of the molecule is C[C@H](O)[C@H](N)C(=O)N(C)C[C]=O. The van der Waals surface area contributed by atoms with Crippen molar-refractivity contribution >= 4 is 12.2 Å². The van der Waals surface area contributed by atoms with E-state index < -0.39 is 18.1 Å². The second-order valence-electron chi connectivity index (χ2n) is 2.61. The van der Waals surface area contributed by atoms with Crippen LogP contribution in [0.1, 0.15) is 6.92 Å². The summed E-state index contributed by atoms with van der Waals surface area (Å²) < 4.78 is 0. The average molecular weight is 173 g/mol. The lowest BCUT2D eigenvalue weighted by Gasteiger charge is -2.20. The lowest BCUT2D eigenvalue weighted by molar-refractivity contribution is -0.132. The van der Waals surface area contributed by atoms with Crippen LogP contribution in [0.3, 0.4) is 0 Å². The second kappa shape index (κ2) is 4.84.